The average molecular weight is 399 g/mol. The van der Waals surface area contributed by atoms with E-state index >= 15 is 0 Å². The Balaban J connectivity index is 1.58. The Kier molecular flexibility index (Phi) is 6.84. The van der Waals surface area contributed by atoms with Gasteiger partial charge in [0.2, 0.25) is 11.0 Å². The molecule has 5 nitrogen and oxygen atoms in total. The van der Waals surface area contributed by atoms with Crippen molar-refractivity contribution in [3.05, 3.63) is 54.6 Å². The Labute approximate surface area is 167 Å². The van der Waals surface area contributed by atoms with E-state index in [1.807, 2.05) is 54.6 Å². The van der Waals surface area contributed by atoms with Crippen molar-refractivity contribution in [1.82, 2.24) is 10.2 Å². The highest BCUT2D eigenvalue weighted by Crippen LogP contribution is 2.29. The van der Waals surface area contributed by atoms with Crippen LogP contribution in [0.15, 0.2) is 58.9 Å². The molecule has 2 aromatic carbocycles. The maximum absolute atomic E-state index is 12.4. The van der Waals surface area contributed by atoms with Gasteiger partial charge in [-0.15, -0.1) is 10.2 Å². The minimum absolute atomic E-state index is 0.0599. The third kappa shape index (κ3) is 5.80. The Bertz CT molecular complexity index is 880. The maximum Gasteiger partial charge on any atom is 0.234 e. The highest BCUT2D eigenvalue weighted by molar-refractivity contribution is 8.01. The van der Waals surface area contributed by atoms with Gasteiger partial charge in [-0.2, -0.15) is 0 Å². The van der Waals surface area contributed by atoms with Crippen LogP contribution >= 0.6 is 23.1 Å². The molecule has 0 fully saturated rings. The molecule has 0 atom stereocenters. The summed E-state index contributed by atoms with van der Waals surface area (Å²) in [6.45, 7) is 5.14. The molecule has 0 spiro atoms. The van der Waals surface area contributed by atoms with E-state index in [0.717, 1.165) is 32.8 Å². The molecule has 0 unspecified atom stereocenters. The van der Waals surface area contributed by atoms with Gasteiger partial charge in [-0.1, -0.05) is 85.5 Å². The van der Waals surface area contributed by atoms with Crippen molar-refractivity contribution in [2.75, 3.05) is 22.9 Å². The molecule has 0 bridgehead atoms. The summed E-state index contributed by atoms with van der Waals surface area (Å²) in [5.41, 5.74) is 2.89. The van der Waals surface area contributed by atoms with Crippen LogP contribution in [0.4, 0.5) is 10.8 Å². The van der Waals surface area contributed by atoms with Crippen LogP contribution in [-0.4, -0.2) is 28.4 Å². The summed E-state index contributed by atoms with van der Waals surface area (Å²) >= 11 is 2.87. The van der Waals surface area contributed by atoms with Crippen LogP contribution in [0, 0.1) is 5.92 Å². The molecule has 2 N–H and O–H groups in total. The highest BCUT2D eigenvalue weighted by Gasteiger charge is 2.11. The highest BCUT2D eigenvalue weighted by atomic mass is 32.2. The van der Waals surface area contributed by atoms with Crippen molar-refractivity contribution >= 4 is 39.8 Å². The molecular formula is C20H22N4OS2. The van der Waals surface area contributed by atoms with Crippen molar-refractivity contribution in [2.24, 2.45) is 5.92 Å². The lowest BCUT2D eigenvalue weighted by Gasteiger charge is -2.10. The molecule has 1 aromatic heterocycles. The number of rotatable bonds is 8. The summed E-state index contributed by atoms with van der Waals surface area (Å²) in [7, 11) is 0. The summed E-state index contributed by atoms with van der Waals surface area (Å²) in [4.78, 5) is 12.4. The van der Waals surface area contributed by atoms with E-state index in [2.05, 4.69) is 34.7 Å². The first kappa shape index (κ1) is 19.4. The SMILES string of the molecule is CC(C)CNc1nnc(SCC(=O)Nc2ccccc2-c2ccccc2)s1. The van der Waals surface area contributed by atoms with E-state index in [9.17, 15) is 4.79 Å². The van der Waals surface area contributed by atoms with Crippen LogP contribution in [0.25, 0.3) is 11.1 Å². The number of carbonyl (C=O) groups is 1. The van der Waals surface area contributed by atoms with E-state index in [1.165, 1.54) is 23.1 Å². The lowest BCUT2D eigenvalue weighted by molar-refractivity contribution is -0.113. The van der Waals surface area contributed by atoms with Crippen molar-refractivity contribution in [2.45, 2.75) is 18.2 Å². The normalized spacial score (nSPS) is 10.8. The van der Waals surface area contributed by atoms with Crippen LogP contribution in [0.3, 0.4) is 0 Å². The standard InChI is InChI=1S/C20H22N4OS2/c1-14(2)12-21-19-23-24-20(27-19)26-13-18(25)22-17-11-7-6-10-16(17)15-8-4-3-5-9-15/h3-11,14H,12-13H2,1-2H3,(H,21,23)(H,22,25). The van der Waals surface area contributed by atoms with E-state index in [-0.39, 0.29) is 5.91 Å². The van der Waals surface area contributed by atoms with Crippen molar-refractivity contribution in [3.8, 4) is 11.1 Å². The van der Waals surface area contributed by atoms with Gasteiger partial charge in [0, 0.05) is 17.8 Å². The number of nitrogens with zero attached hydrogens (tertiary/aromatic N) is 2. The minimum atomic E-state index is -0.0599. The van der Waals surface area contributed by atoms with Gasteiger partial charge in [0.05, 0.1) is 5.75 Å². The van der Waals surface area contributed by atoms with Gasteiger partial charge in [0.1, 0.15) is 0 Å². The number of nitrogens with one attached hydrogen (secondary N) is 2. The third-order valence-electron chi connectivity index (χ3n) is 3.68. The van der Waals surface area contributed by atoms with Gasteiger partial charge in [-0.3, -0.25) is 4.79 Å². The third-order valence-corrected chi connectivity index (χ3v) is 5.69. The summed E-state index contributed by atoms with van der Waals surface area (Å²) in [6, 6.07) is 17.9. The molecule has 0 aliphatic heterocycles. The average Bonchev–Trinajstić information content (AvgIpc) is 3.14. The quantitative estimate of drug-likeness (QED) is 0.523. The number of hydrogen-bond donors (Lipinski definition) is 2. The first-order valence-corrected chi connectivity index (χ1v) is 10.6. The Morgan fingerprint density at radius 3 is 2.59 bits per heavy atom. The molecule has 0 aliphatic carbocycles. The predicted molar refractivity (Wildman–Crippen MR) is 114 cm³/mol. The van der Waals surface area contributed by atoms with Gasteiger partial charge in [0.15, 0.2) is 4.34 Å². The van der Waals surface area contributed by atoms with Crippen LogP contribution in [0.1, 0.15) is 13.8 Å². The molecule has 0 saturated carbocycles. The first-order chi connectivity index (χ1) is 13.1. The molecule has 0 radical (unpaired) electrons. The van der Waals surface area contributed by atoms with Gasteiger partial charge in [-0.05, 0) is 17.5 Å². The topological polar surface area (TPSA) is 66.9 Å². The summed E-state index contributed by atoms with van der Waals surface area (Å²) in [6.07, 6.45) is 0. The van der Waals surface area contributed by atoms with Crippen molar-refractivity contribution < 1.29 is 4.79 Å². The summed E-state index contributed by atoms with van der Waals surface area (Å²) in [5.74, 6) is 0.776. The van der Waals surface area contributed by atoms with Crippen LogP contribution in [-0.2, 0) is 4.79 Å². The minimum Gasteiger partial charge on any atom is -0.360 e. The zero-order chi connectivity index (χ0) is 19.1. The molecule has 0 saturated heterocycles. The zero-order valence-corrected chi connectivity index (χ0v) is 16.9. The fourth-order valence-corrected chi connectivity index (χ4v) is 3.96. The van der Waals surface area contributed by atoms with Crippen LogP contribution in [0.2, 0.25) is 0 Å². The van der Waals surface area contributed by atoms with Gasteiger partial charge >= 0.3 is 0 Å². The van der Waals surface area contributed by atoms with Gasteiger partial charge in [0.25, 0.3) is 0 Å². The second-order valence-corrected chi connectivity index (χ2v) is 8.60. The Hall–Kier alpha value is -2.38. The number of anilines is 2. The maximum atomic E-state index is 12.4. The lowest BCUT2D eigenvalue weighted by atomic mass is 10.0. The van der Waals surface area contributed by atoms with Crippen LogP contribution < -0.4 is 10.6 Å². The van der Waals surface area contributed by atoms with E-state index in [4.69, 9.17) is 0 Å². The predicted octanol–water partition coefficient (Wildman–Crippen LogP) is 5.00. The summed E-state index contributed by atoms with van der Waals surface area (Å²) in [5, 5.41) is 15.3. The first-order valence-electron chi connectivity index (χ1n) is 8.76. The zero-order valence-electron chi connectivity index (χ0n) is 15.3. The van der Waals surface area contributed by atoms with E-state index in [1.54, 1.807) is 0 Å². The van der Waals surface area contributed by atoms with Crippen LogP contribution in [0.5, 0.6) is 0 Å². The fourth-order valence-electron chi connectivity index (χ4n) is 2.41. The fraction of sp³-hybridized carbons (Fsp3) is 0.250. The number of carbonyl (C=O) groups excluding carboxylic acids is 1. The lowest BCUT2D eigenvalue weighted by Crippen LogP contribution is -2.14. The van der Waals surface area contributed by atoms with Crippen molar-refractivity contribution in [3.63, 3.8) is 0 Å². The molecule has 3 rings (SSSR count). The van der Waals surface area contributed by atoms with Gasteiger partial charge in [-0.25, -0.2) is 0 Å². The van der Waals surface area contributed by atoms with Gasteiger partial charge < -0.3 is 10.6 Å². The molecule has 140 valence electrons. The number of amides is 1. The molecule has 3 aromatic rings. The number of aromatic nitrogens is 2. The number of thioether (sulfide) groups is 1. The molecule has 0 aliphatic rings. The number of para-hydroxylation sites is 1. The van der Waals surface area contributed by atoms with Crippen molar-refractivity contribution in [1.29, 1.82) is 0 Å². The molecule has 1 heterocycles. The molecule has 7 heteroatoms. The van der Waals surface area contributed by atoms with E-state index in [0.29, 0.717) is 11.7 Å². The Morgan fingerprint density at radius 1 is 1.07 bits per heavy atom. The molecule has 1 amide bonds. The Morgan fingerprint density at radius 2 is 1.81 bits per heavy atom. The second kappa shape index (κ2) is 9.53. The monoisotopic (exact) mass is 398 g/mol. The van der Waals surface area contributed by atoms with E-state index < -0.39 is 0 Å². The molecular weight excluding hydrogens is 376 g/mol. The second-order valence-electron chi connectivity index (χ2n) is 6.40. The molecule has 27 heavy (non-hydrogen) atoms. The number of hydrogen-bond acceptors (Lipinski definition) is 6. The number of benzene rings is 2. The summed E-state index contributed by atoms with van der Waals surface area (Å²) < 4.78 is 0.785. The smallest absolute Gasteiger partial charge is 0.234 e. The largest absolute Gasteiger partial charge is 0.360 e.